The molecule has 0 amide bonds. The Balaban J connectivity index is 4.16. The first-order valence-electron chi connectivity index (χ1n) is 0.784. The van der Waals surface area contributed by atoms with Crippen LogP contribution in [0.1, 0.15) is 0 Å². The Bertz CT molecular complexity index is 85.2. The van der Waals surface area contributed by atoms with Crippen molar-refractivity contribution in [1.29, 1.82) is 0 Å². The summed E-state index contributed by atoms with van der Waals surface area (Å²) in [5.74, 6) is 0. The fourth-order valence-corrected chi connectivity index (χ4v) is 0. The van der Waals surface area contributed by atoms with Crippen LogP contribution in [0.3, 0.4) is 0 Å². The fourth-order valence-electron chi connectivity index (χ4n) is 0. The first-order valence-corrected chi connectivity index (χ1v) is 12.1. The summed E-state index contributed by atoms with van der Waals surface area (Å²) in [7, 11) is 0. The maximum atomic E-state index is 10.5. The molecule has 0 aliphatic heterocycles. The van der Waals surface area contributed by atoms with Crippen molar-refractivity contribution < 1.29 is 26.9 Å². The van der Waals surface area contributed by atoms with Crippen LogP contribution in [0.2, 0.25) is 0 Å². The fraction of sp³-hybridized carbons (Fsp3) is 0. The molecule has 0 saturated heterocycles. The molecule has 0 bridgehead atoms. The molecule has 0 unspecified atom stereocenters. The Labute approximate surface area is 40.0 Å². The van der Waals surface area contributed by atoms with E-state index in [4.69, 9.17) is 0 Å². The second-order valence-electron chi connectivity index (χ2n) is 0.602. The van der Waals surface area contributed by atoms with Gasteiger partial charge in [0.15, 0.2) is 0 Å². The molecule has 0 heterocycles. The van der Waals surface area contributed by atoms with Crippen molar-refractivity contribution in [3.8, 4) is 0 Å². The van der Waals surface area contributed by atoms with Gasteiger partial charge in [-0.25, -0.2) is 0 Å². The monoisotopic (exact) mass is 340 g/mol. The van der Waals surface area contributed by atoms with Gasteiger partial charge >= 0.3 is 39.7 Å². The van der Waals surface area contributed by atoms with E-state index in [1.54, 1.807) is 0 Å². The van der Waals surface area contributed by atoms with E-state index in [0.717, 1.165) is 0 Å². The minimum absolute atomic E-state index is 0.597. The van der Waals surface area contributed by atoms with Gasteiger partial charge in [-0.05, 0) is 0 Å². The predicted molar refractivity (Wildman–Crippen MR) is 10.2 cm³/mol. The summed E-state index contributed by atoms with van der Waals surface area (Å²) in [5.41, 5.74) is 0. The average Bonchev–Trinajstić information content (AvgIpc) is 0.650. The molecule has 0 aromatic heterocycles. The third-order valence-electron chi connectivity index (χ3n) is 0. The Hall–Kier alpha value is 0.928. The summed E-state index contributed by atoms with van der Waals surface area (Å²) in [6.07, 6.45) is 0. The van der Waals surface area contributed by atoms with Crippen LogP contribution in [0.4, 0.5) is 12.6 Å². The second kappa shape index (κ2) is 1.21. The number of rotatable bonds is 0. The zero-order valence-electron chi connectivity index (χ0n) is 2.33. The summed E-state index contributed by atoms with van der Waals surface area (Å²) in [6, 6.07) is 0. The van der Waals surface area contributed by atoms with Gasteiger partial charge in [-0.3, -0.25) is 0 Å². The molecule has 0 radical (unpaired) electrons. The number of hydrogen-bond donors (Lipinski definition) is 0. The average molecular weight is 339 g/mol. The molecule has 6 heavy (non-hydrogen) atoms. The van der Waals surface area contributed by atoms with Crippen molar-refractivity contribution >= 4 is 12.8 Å². The molecule has 0 rings (SSSR count). The normalized spacial score (nSPS) is 19.0. The van der Waals surface area contributed by atoms with Crippen LogP contribution >= 0.6 is 0 Å². The van der Waals surface area contributed by atoms with Gasteiger partial charge in [0.05, 0.1) is 0 Å². The summed E-state index contributed by atoms with van der Waals surface area (Å²) in [5, 5.41) is 0. The first-order chi connectivity index (χ1) is 2.24. The van der Waals surface area contributed by atoms with Gasteiger partial charge in [-0.1, -0.05) is 0 Å². The van der Waals surface area contributed by atoms with E-state index >= 15 is 0 Å². The molecule has 0 aromatic rings. The van der Waals surface area contributed by atoms with E-state index in [9.17, 15) is 12.6 Å². The van der Waals surface area contributed by atoms with Crippen LogP contribution in [0, 0.1) is 0 Å². The molecule has 0 aromatic carbocycles. The number of halogens is 4. The molecule has 0 fully saturated rings. The van der Waals surface area contributed by atoms with Gasteiger partial charge in [-0.2, -0.15) is 0 Å². The zero-order valence-corrected chi connectivity index (χ0v) is 6.97. The Kier molecular flexibility index (Phi) is 1.39. The van der Waals surface area contributed by atoms with Crippen molar-refractivity contribution in [3.05, 3.63) is 0 Å². The molecular weight excluding hydrogens is 339 g/mol. The van der Waals surface area contributed by atoms with E-state index in [-0.39, 0.29) is 0 Å². The van der Waals surface area contributed by atoms with Gasteiger partial charge in [0.2, 0.25) is 0 Å². The topological polar surface area (TPSA) is 0 Å². The van der Waals surface area contributed by atoms with Crippen LogP contribution in [-0.4, -0.2) is 12.8 Å². The Morgan fingerprint density at radius 1 is 1.00 bits per heavy atom. The summed E-state index contributed by atoms with van der Waals surface area (Å²) in [6.45, 7) is 0. The van der Waals surface area contributed by atoms with Crippen LogP contribution in [0.15, 0.2) is 0 Å². The van der Waals surface area contributed by atoms with E-state index in [2.05, 4.69) is 0 Å². The molecule has 0 spiro atoms. The standard InChI is InChI=1S/4FH.Se.W/h4*1H;;/q;;;;;+4/p-4. The van der Waals surface area contributed by atoms with Gasteiger partial charge in [-0.15, -0.1) is 0 Å². The van der Waals surface area contributed by atoms with E-state index in [1.807, 2.05) is 0 Å². The molecule has 6 heteroatoms. The quantitative estimate of drug-likeness (QED) is 0.461. The van der Waals surface area contributed by atoms with Crippen molar-refractivity contribution in [2.45, 2.75) is 0 Å². The maximum absolute atomic E-state index is 10.5. The van der Waals surface area contributed by atoms with Gasteiger partial charge in [0.1, 0.15) is 0 Å². The SMILES string of the molecule is [F][W]([F])([F])([F])=[Se]. The van der Waals surface area contributed by atoms with Crippen LogP contribution in [0.5, 0.6) is 0 Å². The van der Waals surface area contributed by atoms with Gasteiger partial charge in [0, 0.05) is 0 Å². The zero-order chi connectivity index (χ0) is 5.45. The Morgan fingerprint density at radius 3 is 1.00 bits per heavy atom. The molecule has 0 saturated carbocycles. The van der Waals surface area contributed by atoms with E-state index in [1.165, 1.54) is 0 Å². The Morgan fingerprint density at radius 2 is 1.00 bits per heavy atom. The molecule has 0 aliphatic carbocycles. The molecule has 0 aliphatic rings. The second-order valence-corrected chi connectivity index (χ2v) is 13.6. The van der Waals surface area contributed by atoms with Crippen LogP contribution in [0.25, 0.3) is 0 Å². The number of hydrogen-bond acceptors (Lipinski definition) is 0. The van der Waals surface area contributed by atoms with Gasteiger partial charge < -0.3 is 0 Å². The van der Waals surface area contributed by atoms with Crippen molar-refractivity contribution in [3.63, 3.8) is 0 Å². The van der Waals surface area contributed by atoms with E-state index in [0.29, 0.717) is 12.8 Å². The van der Waals surface area contributed by atoms with Crippen molar-refractivity contribution in [2.24, 2.45) is 0 Å². The minimum atomic E-state index is -7.88. The molecule has 40 valence electrons. The van der Waals surface area contributed by atoms with Crippen LogP contribution < -0.4 is 0 Å². The van der Waals surface area contributed by atoms with Crippen molar-refractivity contribution in [1.82, 2.24) is 0 Å². The predicted octanol–water partition coefficient (Wildman–Crippen LogP) is 1.30. The van der Waals surface area contributed by atoms with Crippen molar-refractivity contribution in [2.75, 3.05) is 0 Å². The van der Waals surface area contributed by atoms with Crippen LogP contribution in [-0.2, 0) is 14.3 Å². The first kappa shape index (κ1) is 6.93. The third-order valence-corrected chi connectivity index (χ3v) is 0. The summed E-state index contributed by atoms with van der Waals surface area (Å²) in [4.78, 5) is 0. The molecule has 0 atom stereocenters. The summed E-state index contributed by atoms with van der Waals surface area (Å²) < 4.78 is 42.1. The molecule has 0 N–H and O–H groups in total. The van der Waals surface area contributed by atoms with Gasteiger partial charge in [0.25, 0.3) is 0 Å². The molecule has 0 nitrogen and oxygen atoms in total. The van der Waals surface area contributed by atoms with E-state index < -0.39 is 14.3 Å². The molecular formula is F4SeW. The summed E-state index contributed by atoms with van der Waals surface area (Å²) >= 11 is -7.28. The third kappa shape index (κ3) is 88.3.